The maximum atomic E-state index is 13.1. The van der Waals surface area contributed by atoms with Gasteiger partial charge in [-0.3, -0.25) is 9.48 Å². The predicted molar refractivity (Wildman–Crippen MR) is 122 cm³/mol. The Labute approximate surface area is 182 Å². The summed E-state index contributed by atoms with van der Waals surface area (Å²) in [4.78, 5) is 17.0. The van der Waals surface area contributed by atoms with Gasteiger partial charge in [0.15, 0.2) is 0 Å². The molecule has 1 saturated heterocycles. The van der Waals surface area contributed by atoms with E-state index in [-0.39, 0.29) is 18.3 Å². The molecule has 0 bridgehead atoms. The maximum absolute atomic E-state index is 13.1. The second kappa shape index (κ2) is 9.74. The van der Waals surface area contributed by atoms with Crippen LogP contribution in [0.1, 0.15) is 40.7 Å². The minimum Gasteiger partial charge on any atom is -0.338 e. The van der Waals surface area contributed by atoms with Crippen LogP contribution in [0.25, 0.3) is 10.2 Å². The molecule has 7 heteroatoms. The Hall–Kier alpha value is -1.89. The third kappa shape index (κ3) is 4.82. The highest BCUT2D eigenvalue weighted by Crippen LogP contribution is 2.30. The van der Waals surface area contributed by atoms with Crippen molar-refractivity contribution in [3.63, 3.8) is 0 Å². The van der Waals surface area contributed by atoms with Crippen LogP contribution in [0.4, 0.5) is 0 Å². The number of thiophene rings is 1. The number of aryl methyl sites for hydroxylation is 1. The number of aromatic nitrogens is 2. The standard InChI is InChI=1S/C22H28N4OS.ClH/c1-3-23-14-17-9-11-25(12-10-17)21(27)20-13-19-16(2)24-26(22(19)28-20)15-18-7-5-4-6-8-18;/h4-8,13,17,23H,3,9-12,14-15H2,1-2H3;1H. The molecular formula is C22H29ClN4OS. The Bertz CT molecular complexity index is 945. The Morgan fingerprint density at radius 1 is 1.24 bits per heavy atom. The van der Waals surface area contributed by atoms with Gasteiger partial charge in [0, 0.05) is 18.5 Å². The number of rotatable bonds is 6. The largest absolute Gasteiger partial charge is 0.338 e. The summed E-state index contributed by atoms with van der Waals surface area (Å²) < 4.78 is 2.03. The van der Waals surface area contributed by atoms with Crippen LogP contribution in [0.3, 0.4) is 0 Å². The first-order chi connectivity index (χ1) is 13.7. The highest BCUT2D eigenvalue weighted by Gasteiger charge is 2.25. The van der Waals surface area contributed by atoms with Gasteiger partial charge in [-0.05, 0) is 50.4 Å². The van der Waals surface area contributed by atoms with Crippen molar-refractivity contribution >= 4 is 39.9 Å². The minimum atomic E-state index is 0. The number of carbonyl (C=O) groups excluding carboxylic acids is 1. The molecule has 0 radical (unpaired) electrons. The number of fused-ring (bicyclic) bond motifs is 1. The predicted octanol–water partition coefficient (Wildman–Crippen LogP) is 4.34. The van der Waals surface area contributed by atoms with Crippen LogP contribution in [0.5, 0.6) is 0 Å². The Balaban J connectivity index is 0.00000240. The average molecular weight is 433 g/mol. The van der Waals surface area contributed by atoms with Gasteiger partial charge in [0.05, 0.1) is 17.1 Å². The number of halogens is 1. The number of benzene rings is 1. The van der Waals surface area contributed by atoms with Crippen molar-refractivity contribution in [2.75, 3.05) is 26.2 Å². The van der Waals surface area contributed by atoms with Gasteiger partial charge in [-0.2, -0.15) is 5.10 Å². The lowest BCUT2D eigenvalue weighted by Gasteiger charge is -2.31. The number of likely N-dealkylation sites (tertiary alicyclic amines) is 1. The van der Waals surface area contributed by atoms with Crippen molar-refractivity contribution in [3.05, 3.63) is 52.5 Å². The second-order valence-corrected chi connectivity index (χ2v) is 8.63. The van der Waals surface area contributed by atoms with E-state index in [1.165, 1.54) is 5.56 Å². The van der Waals surface area contributed by atoms with E-state index in [0.717, 1.165) is 66.4 Å². The van der Waals surface area contributed by atoms with Crippen molar-refractivity contribution in [2.24, 2.45) is 5.92 Å². The molecule has 156 valence electrons. The first-order valence-corrected chi connectivity index (χ1v) is 11.0. The van der Waals surface area contributed by atoms with Crippen LogP contribution in [0.2, 0.25) is 0 Å². The number of nitrogens with zero attached hydrogens (tertiary/aromatic N) is 3. The SMILES string of the molecule is CCNCC1CCN(C(=O)c2cc3c(C)nn(Cc4ccccc4)c3s2)CC1.Cl. The van der Waals surface area contributed by atoms with Crippen molar-refractivity contribution in [2.45, 2.75) is 33.2 Å². The number of amides is 1. The first kappa shape index (κ1) is 21.8. The van der Waals surface area contributed by atoms with E-state index in [1.54, 1.807) is 11.3 Å². The van der Waals surface area contributed by atoms with Gasteiger partial charge in [0.1, 0.15) is 4.83 Å². The van der Waals surface area contributed by atoms with Crippen LogP contribution in [0.15, 0.2) is 36.4 Å². The highest BCUT2D eigenvalue weighted by atomic mass is 35.5. The summed E-state index contributed by atoms with van der Waals surface area (Å²) in [6, 6.07) is 12.4. The number of hydrogen-bond acceptors (Lipinski definition) is 4. The van der Waals surface area contributed by atoms with Gasteiger partial charge in [0.25, 0.3) is 5.91 Å². The lowest BCUT2D eigenvalue weighted by atomic mass is 9.96. The molecule has 1 aliphatic rings. The average Bonchev–Trinajstić information content (AvgIpc) is 3.28. The third-order valence-electron chi connectivity index (χ3n) is 5.58. The maximum Gasteiger partial charge on any atom is 0.264 e. The monoisotopic (exact) mass is 432 g/mol. The smallest absolute Gasteiger partial charge is 0.264 e. The molecule has 1 aliphatic heterocycles. The van der Waals surface area contributed by atoms with E-state index in [0.29, 0.717) is 5.92 Å². The molecule has 1 aromatic carbocycles. The topological polar surface area (TPSA) is 50.2 Å². The summed E-state index contributed by atoms with van der Waals surface area (Å²) in [7, 11) is 0. The van der Waals surface area contributed by atoms with Crippen LogP contribution in [-0.4, -0.2) is 46.8 Å². The molecular weight excluding hydrogens is 404 g/mol. The molecule has 0 atom stereocenters. The molecule has 1 fully saturated rings. The zero-order chi connectivity index (χ0) is 19.5. The normalized spacial score (nSPS) is 14.9. The van der Waals surface area contributed by atoms with E-state index in [4.69, 9.17) is 5.10 Å². The first-order valence-electron chi connectivity index (χ1n) is 10.2. The molecule has 29 heavy (non-hydrogen) atoms. The number of carbonyl (C=O) groups is 1. The quantitative estimate of drug-likeness (QED) is 0.630. The number of piperidine rings is 1. The minimum absolute atomic E-state index is 0. The van der Waals surface area contributed by atoms with E-state index < -0.39 is 0 Å². The molecule has 3 aromatic rings. The van der Waals surface area contributed by atoms with Gasteiger partial charge in [-0.15, -0.1) is 23.7 Å². The van der Waals surface area contributed by atoms with Gasteiger partial charge < -0.3 is 10.2 Å². The molecule has 0 spiro atoms. The molecule has 4 rings (SSSR count). The van der Waals surface area contributed by atoms with E-state index in [2.05, 4.69) is 24.4 Å². The fraction of sp³-hybridized carbons (Fsp3) is 0.455. The third-order valence-corrected chi connectivity index (χ3v) is 6.71. The Kier molecular flexibility index (Phi) is 7.33. The number of hydrogen-bond donors (Lipinski definition) is 1. The molecule has 0 unspecified atom stereocenters. The van der Waals surface area contributed by atoms with Crippen molar-refractivity contribution in [1.82, 2.24) is 20.0 Å². The van der Waals surface area contributed by atoms with Gasteiger partial charge in [-0.1, -0.05) is 37.3 Å². The molecule has 1 N–H and O–H groups in total. The van der Waals surface area contributed by atoms with Crippen LogP contribution in [-0.2, 0) is 6.54 Å². The fourth-order valence-electron chi connectivity index (χ4n) is 3.93. The summed E-state index contributed by atoms with van der Waals surface area (Å²) in [5.74, 6) is 0.863. The second-order valence-electron chi connectivity index (χ2n) is 7.60. The zero-order valence-corrected chi connectivity index (χ0v) is 18.7. The Morgan fingerprint density at radius 3 is 2.66 bits per heavy atom. The molecule has 3 heterocycles. The summed E-state index contributed by atoms with van der Waals surface area (Å²) in [5.41, 5.74) is 2.21. The summed E-state index contributed by atoms with van der Waals surface area (Å²) >= 11 is 1.58. The Morgan fingerprint density at radius 2 is 1.97 bits per heavy atom. The van der Waals surface area contributed by atoms with Crippen molar-refractivity contribution in [3.8, 4) is 0 Å². The summed E-state index contributed by atoms with van der Waals surface area (Å²) in [6.07, 6.45) is 2.18. The molecule has 0 aliphatic carbocycles. The van der Waals surface area contributed by atoms with E-state index in [9.17, 15) is 4.79 Å². The molecule has 1 amide bonds. The van der Waals surface area contributed by atoms with E-state index >= 15 is 0 Å². The van der Waals surface area contributed by atoms with Crippen LogP contribution in [0, 0.1) is 12.8 Å². The lowest BCUT2D eigenvalue weighted by Crippen LogP contribution is -2.40. The zero-order valence-electron chi connectivity index (χ0n) is 17.1. The van der Waals surface area contributed by atoms with Gasteiger partial charge in [-0.25, -0.2) is 0 Å². The van der Waals surface area contributed by atoms with Gasteiger partial charge in [0.2, 0.25) is 0 Å². The van der Waals surface area contributed by atoms with Crippen molar-refractivity contribution < 1.29 is 4.79 Å². The molecule has 5 nitrogen and oxygen atoms in total. The molecule has 0 saturated carbocycles. The summed E-state index contributed by atoms with van der Waals surface area (Å²) in [6.45, 7) is 8.69. The fourth-order valence-corrected chi connectivity index (χ4v) is 5.05. The van der Waals surface area contributed by atoms with E-state index in [1.807, 2.05) is 40.8 Å². The molecule has 2 aromatic heterocycles. The van der Waals surface area contributed by atoms with Crippen molar-refractivity contribution in [1.29, 1.82) is 0 Å². The van der Waals surface area contributed by atoms with Crippen LogP contribution >= 0.6 is 23.7 Å². The highest BCUT2D eigenvalue weighted by molar-refractivity contribution is 7.20. The van der Waals surface area contributed by atoms with Crippen LogP contribution < -0.4 is 5.32 Å². The number of nitrogens with one attached hydrogen (secondary N) is 1. The lowest BCUT2D eigenvalue weighted by molar-refractivity contribution is 0.0695. The van der Waals surface area contributed by atoms with Gasteiger partial charge >= 0.3 is 0 Å². The summed E-state index contributed by atoms with van der Waals surface area (Å²) in [5, 5.41) is 9.22.